The lowest BCUT2D eigenvalue weighted by molar-refractivity contribution is 0.390. The number of nitriles is 1. The number of hydrogen-bond donors (Lipinski definition) is 1. The van der Waals surface area contributed by atoms with E-state index in [0.717, 1.165) is 15.7 Å². The average Bonchev–Trinajstić information content (AvgIpc) is 2.53. The summed E-state index contributed by atoms with van der Waals surface area (Å²) in [5.41, 5.74) is 1.63. The highest BCUT2D eigenvalue weighted by Gasteiger charge is 2.16. The first kappa shape index (κ1) is 15.2. The topological polar surface area (TPSA) is 54.3 Å². The molecule has 0 amide bonds. The van der Waals surface area contributed by atoms with Crippen molar-refractivity contribution in [3.63, 3.8) is 0 Å². The summed E-state index contributed by atoms with van der Waals surface area (Å²) in [6, 6.07) is 14.8. The maximum atomic E-state index is 9.43. The van der Waals surface area contributed by atoms with Crippen molar-refractivity contribution in [3.05, 3.63) is 52.5 Å². The van der Waals surface area contributed by atoms with Gasteiger partial charge in [0.2, 0.25) is 0 Å². The van der Waals surface area contributed by atoms with E-state index in [0.29, 0.717) is 11.5 Å². The minimum atomic E-state index is -0.507. The van der Waals surface area contributed by atoms with Gasteiger partial charge in [0.1, 0.15) is 17.5 Å². The Kier molecular flexibility index (Phi) is 5.07. The van der Waals surface area contributed by atoms with E-state index in [2.05, 4.69) is 27.3 Å². The minimum absolute atomic E-state index is 0.507. The number of anilines is 1. The van der Waals surface area contributed by atoms with Crippen molar-refractivity contribution in [1.82, 2.24) is 0 Å². The SMILES string of the molecule is COc1ccc(C(C#N)Nc2ccc(Br)cc2)c(OC)c1. The molecule has 1 N–H and O–H groups in total. The van der Waals surface area contributed by atoms with Gasteiger partial charge in [0.15, 0.2) is 0 Å². The van der Waals surface area contributed by atoms with Crippen LogP contribution in [0.2, 0.25) is 0 Å². The number of halogens is 1. The van der Waals surface area contributed by atoms with Crippen LogP contribution in [0.25, 0.3) is 0 Å². The fourth-order valence-corrected chi connectivity index (χ4v) is 2.21. The number of hydrogen-bond acceptors (Lipinski definition) is 4. The summed E-state index contributed by atoms with van der Waals surface area (Å²) < 4.78 is 11.5. The molecule has 5 heteroatoms. The van der Waals surface area contributed by atoms with Crippen molar-refractivity contribution in [3.8, 4) is 17.6 Å². The van der Waals surface area contributed by atoms with Crippen molar-refractivity contribution in [2.75, 3.05) is 19.5 Å². The Labute approximate surface area is 132 Å². The smallest absolute Gasteiger partial charge is 0.143 e. The summed E-state index contributed by atoms with van der Waals surface area (Å²) in [4.78, 5) is 0. The molecule has 0 aliphatic heterocycles. The van der Waals surface area contributed by atoms with Crippen LogP contribution >= 0.6 is 15.9 Å². The Bertz CT molecular complexity index is 650. The van der Waals surface area contributed by atoms with Gasteiger partial charge in [0.05, 0.1) is 20.3 Å². The molecule has 1 unspecified atom stereocenters. The Morgan fingerprint density at radius 1 is 1.10 bits per heavy atom. The van der Waals surface area contributed by atoms with Gasteiger partial charge in [-0.2, -0.15) is 5.26 Å². The van der Waals surface area contributed by atoms with E-state index in [9.17, 15) is 5.26 Å². The fourth-order valence-electron chi connectivity index (χ4n) is 1.95. The molecule has 1 atom stereocenters. The molecule has 0 radical (unpaired) electrons. The predicted molar refractivity (Wildman–Crippen MR) is 85.7 cm³/mol. The van der Waals surface area contributed by atoms with Crippen LogP contribution in [0, 0.1) is 11.3 Å². The van der Waals surface area contributed by atoms with Gasteiger partial charge >= 0.3 is 0 Å². The van der Waals surface area contributed by atoms with Crippen LogP contribution in [0.15, 0.2) is 46.9 Å². The van der Waals surface area contributed by atoms with Crippen molar-refractivity contribution >= 4 is 21.6 Å². The van der Waals surface area contributed by atoms with Gasteiger partial charge in [-0.15, -0.1) is 0 Å². The number of rotatable bonds is 5. The van der Waals surface area contributed by atoms with Crippen LogP contribution in [0.4, 0.5) is 5.69 Å². The predicted octanol–water partition coefficient (Wildman–Crippen LogP) is 4.14. The minimum Gasteiger partial charge on any atom is -0.497 e. The van der Waals surface area contributed by atoms with Crippen LogP contribution in [-0.2, 0) is 0 Å². The van der Waals surface area contributed by atoms with Crippen LogP contribution < -0.4 is 14.8 Å². The first-order valence-corrected chi connectivity index (χ1v) is 7.11. The fraction of sp³-hybridized carbons (Fsp3) is 0.188. The first-order chi connectivity index (χ1) is 10.2. The largest absolute Gasteiger partial charge is 0.497 e. The normalized spacial score (nSPS) is 11.3. The monoisotopic (exact) mass is 346 g/mol. The highest BCUT2D eigenvalue weighted by Crippen LogP contribution is 2.31. The highest BCUT2D eigenvalue weighted by molar-refractivity contribution is 9.10. The van der Waals surface area contributed by atoms with E-state index >= 15 is 0 Å². The highest BCUT2D eigenvalue weighted by atomic mass is 79.9. The molecule has 0 saturated carbocycles. The quantitative estimate of drug-likeness (QED) is 0.883. The van der Waals surface area contributed by atoms with Crippen molar-refractivity contribution in [1.29, 1.82) is 5.26 Å². The molecule has 0 fully saturated rings. The number of methoxy groups -OCH3 is 2. The van der Waals surface area contributed by atoms with E-state index in [1.165, 1.54) is 0 Å². The molecule has 0 heterocycles. The summed E-state index contributed by atoms with van der Waals surface area (Å²) >= 11 is 3.39. The van der Waals surface area contributed by atoms with E-state index < -0.39 is 6.04 Å². The maximum Gasteiger partial charge on any atom is 0.143 e. The number of nitrogens with zero attached hydrogens (tertiary/aromatic N) is 1. The second-order valence-corrected chi connectivity index (χ2v) is 5.24. The molecule has 2 rings (SSSR count). The number of nitrogens with one attached hydrogen (secondary N) is 1. The van der Waals surface area contributed by atoms with Crippen LogP contribution in [-0.4, -0.2) is 14.2 Å². The third-order valence-electron chi connectivity index (χ3n) is 3.04. The first-order valence-electron chi connectivity index (χ1n) is 6.31. The second kappa shape index (κ2) is 7.00. The standard InChI is InChI=1S/C16H15BrN2O2/c1-20-13-7-8-14(16(9-13)21-2)15(10-18)19-12-5-3-11(17)4-6-12/h3-9,15,19H,1-2H3. The molecule has 21 heavy (non-hydrogen) atoms. The second-order valence-electron chi connectivity index (χ2n) is 4.32. The average molecular weight is 347 g/mol. The van der Waals surface area contributed by atoms with E-state index in [-0.39, 0.29) is 0 Å². The van der Waals surface area contributed by atoms with E-state index in [1.807, 2.05) is 36.4 Å². The molecule has 108 valence electrons. The lowest BCUT2D eigenvalue weighted by Gasteiger charge is -2.17. The Balaban J connectivity index is 2.29. The summed E-state index contributed by atoms with van der Waals surface area (Å²) in [5, 5.41) is 12.6. The molecule has 2 aromatic rings. The Morgan fingerprint density at radius 2 is 1.81 bits per heavy atom. The van der Waals surface area contributed by atoms with Gasteiger partial charge in [0.25, 0.3) is 0 Å². The van der Waals surface area contributed by atoms with Gasteiger partial charge < -0.3 is 14.8 Å². The van der Waals surface area contributed by atoms with Crippen molar-refractivity contribution in [2.24, 2.45) is 0 Å². The zero-order valence-corrected chi connectivity index (χ0v) is 13.3. The van der Waals surface area contributed by atoms with Gasteiger partial charge in [0, 0.05) is 21.8 Å². The molecule has 0 spiro atoms. The van der Waals surface area contributed by atoms with Crippen molar-refractivity contribution < 1.29 is 9.47 Å². The van der Waals surface area contributed by atoms with Crippen LogP contribution in [0.3, 0.4) is 0 Å². The van der Waals surface area contributed by atoms with Gasteiger partial charge in [-0.25, -0.2) is 0 Å². The van der Waals surface area contributed by atoms with Crippen LogP contribution in [0.5, 0.6) is 11.5 Å². The van der Waals surface area contributed by atoms with E-state index in [1.54, 1.807) is 20.3 Å². The van der Waals surface area contributed by atoms with Gasteiger partial charge in [-0.1, -0.05) is 15.9 Å². The molecule has 0 aliphatic rings. The number of benzene rings is 2. The molecule has 0 aliphatic carbocycles. The summed E-state index contributed by atoms with van der Waals surface area (Å²) in [6.45, 7) is 0. The van der Waals surface area contributed by atoms with E-state index in [4.69, 9.17) is 9.47 Å². The van der Waals surface area contributed by atoms with Gasteiger partial charge in [-0.05, 0) is 36.4 Å². The molecule has 0 saturated heterocycles. The molecule has 4 nitrogen and oxygen atoms in total. The maximum absolute atomic E-state index is 9.43. The lowest BCUT2D eigenvalue weighted by Crippen LogP contribution is -2.10. The summed E-state index contributed by atoms with van der Waals surface area (Å²) in [6.07, 6.45) is 0. The third kappa shape index (κ3) is 3.67. The molecular formula is C16H15BrN2O2. The van der Waals surface area contributed by atoms with Crippen LogP contribution in [0.1, 0.15) is 11.6 Å². The third-order valence-corrected chi connectivity index (χ3v) is 3.56. The van der Waals surface area contributed by atoms with Crippen molar-refractivity contribution in [2.45, 2.75) is 6.04 Å². The molecule has 2 aromatic carbocycles. The zero-order valence-electron chi connectivity index (χ0n) is 11.8. The molecule has 0 bridgehead atoms. The molecule has 0 aromatic heterocycles. The lowest BCUT2D eigenvalue weighted by atomic mass is 10.1. The number of ether oxygens (including phenoxy) is 2. The summed E-state index contributed by atoms with van der Waals surface area (Å²) in [7, 11) is 3.17. The summed E-state index contributed by atoms with van der Waals surface area (Å²) in [5.74, 6) is 1.31. The zero-order chi connectivity index (χ0) is 15.2. The Hall–Kier alpha value is -2.19. The molecular weight excluding hydrogens is 332 g/mol. The Morgan fingerprint density at radius 3 is 2.38 bits per heavy atom. The van der Waals surface area contributed by atoms with Gasteiger partial charge in [-0.3, -0.25) is 0 Å².